The molecule has 1 N–H and O–H groups in total. The van der Waals surface area contributed by atoms with Crippen molar-refractivity contribution in [2.45, 2.75) is 57.7 Å². The smallest absolute Gasteiger partial charge is 0.125 e. The van der Waals surface area contributed by atoms with Gasteiger partial charge in [0.05, 0.1) is 6.10 Å². The van der Waals surface area contributed by atoms with E-state index < -0.39 is 0 Å². The van der Waals surface area contributed by atoms with Crippen LogP contribution in [-0.2, 0) is 0 Å². The molecule has 19 heavy (non-hydrogen) atoms. The van der Waals surface area contributed by atoms with Gasteiger partial charge in [0.1, 0.15) is 11.4 Å². The SMILES string of the molecule is CC(C)C1CCC2(CC1)C[C@@H](O)c1ccccc1O2. The van der Waals surface area contributed by atoms with Crippen molar-refractivity contribution < 1.29 is 9.84 Å². The van der Waals surface area contributed by atoms with Crippen molar-refractivity contribution in [3.8, 4) is 5.75 Å². The fourth-order valence-electron chi connectivity index (χ4n) is 3.73. The van der Waals surface area contributed by atoms with E-state index in [9.17, 15) is 5.11 Å². The Morgan fingerprint density at radius 1 is 1.21 bits per heavy atom. The van der Waals surface area contributed by atoms with Crippen molar-refractivity contribution in [1.29, 1.82) is 0 Å². The summed E-state index contributed by atoms with van der Waals surface area (Å²) in [4.78, 5) is 0. The lowest BCUT2D eigenvalue weighted by molar-refractivity contribution is -0.0503. The molecular formula is C17H24O2. The monoisotopic (exact) mass is 260 g/mol. The van der Waals surface area contributed by atoms with Crippen LogP contribution in [-0.4, -0.2) is 10.7 Å². The maximum absolute atomic E-state index is 10.4. The number of para-hydroxylation sites is 1. The quantitative estimate of drug-likeness (QED) is 0.824. The molecule has 1 aliphatic heterocycles. The Labute approximate surface area is 115 Å². The number of fused-ring (bicyclic) bond motifs is 1. The first-order valence-electron chi connectivity index (χ1n) is 7.56. The van der Waals surface area contributed by atoms with Crippen molar-refractivity contribution in [1.82, 2.24) is 0 Å². The third-order valence-electron chi connectivity index (χ3n) is 5.05. The van der Waals surface area contributed by atoms with E-state index in [0.29, 0.717) is 0 Å². The zero-order valence-electron chi connectivity index (χ0n) is 11.9. The molecule has 2 heteroatoms. The van der Waals surface area contributed by atoms with Crippen molar-refractivity contribution in [3.05, 3.63) is 29.8 Å². The van der Waals surface area contributed by atoms with Gasteiger partial charge in [0.15, 0.2) is 0 Å². The fraction of sp³-hybridized carbons (Fsp3) is 0.647. The van der Waals surface area contributed by atoms with Crippen LogP contribution in [0.4, 0.5) is 0 Å². The largest absolute Gasteiger partial charge is 0.487 e. The molecule has 1 aliphatic carbocycles. The van der Waals surface area contributed by atoms with Crippen LogP contribution in [0, 0.1) is 11.8 Å². The molecule has 0 bridgehead atoms. The lowest BCUT2D eigenvalue weighted by Gasteiger charge is -2.45. The van der Waals surface area contributed by atoms with Gasteiger partial charge in [0.2, 0.25) is 0 Å². The van der Waals surface area contributed by atoms with Crippen LogP contribution >= 0.6 is 0 Å². The molecular weight excluding hydrogens is 236 g/mol. The highest BCUT2D eigenvalue weighted by atomic mass is 16.5. The summed E-state index contributed by atoms with van der Waals surface area (Å²) in [7, 11) is 0. The average Bonchev–Trinajstić information content (AvgIpc) is 2.39. The molecule has 0 aromatic heterocycles. The number of hydrogen-bond donors (Lipinski definition) is 1. The van der Waals surface area contributed by atoms with Crippen molar-refractivity contribution in [2.24, 2.45) is 11.8 Å². The number of aliphatic hydroxyl groups is 1. The first-order valence-corrected chi connectivity index (χ1v) is 7.56. The average molecular weight is 260 g/mol. The third-order valence-corrected chi connectivity index (χ3v) is 5.05. The van der Waals surface area contributed by atoms with Crippen LogP contribution in [0.5, 0.6) is 5.75 Å². The second-order valence-electron chi connectivity index (χ2n) is 6.62. The minimum absolute atomic E-state index is 0.112. The Hall–Kier alpha value is -1.02. The molecule has 1 aromatic carbocycles. The summed E-state index contributed by atoms with van der Waals surface area (Å²) in [5.41, 5.74) is 0.846. The maximum Gasteiger partial charge on any atom is 0.125 e. The summed E-state index contributed by atoms with van der Waals surface area (Å²) in [6.45, 7) is 4.63. The predicted molar refractivity (Wildman–Crippen MR) is 76.2 cm³/mol. The number of aliphatic hydroxyl groups excluding tert-OH is 1. The Morgan fingerprint density at radius 3 is 2.58 bits per heavy atom. The Bertz CT molecular complexity index is 444. The van der Waals surface area contributed by atoms with Crippen LogP contribution in [0.2, 0.25) is 0 Å². The number of ether oxygens (including phenoxy) is 1. The van der Waals surface area contributed by atoms with Crippen molar-refractivity contribution in [3.63, 3.8) is 0 Å². The zero-order chi connectivity index (χ0) is 13.5. The first kappa shape index (κ1) is 13.0. The number of benzene rings is 1. The number of rotatable bonds is 1. The molecule has 104 valence electrons. The minimum Gasteiger partial charge on any atom is -0.487 e. The van der Waals surface area contributed by atoms with Crippen molar-refractivity contribution in [2.75, 3.05) is 0 Å². The van der Waals surface area contributed by atoms with E-state index in [-0.39, 0.29) is 11.7 Å². The van der Waals surface area contributed by atoms with Gasteiger partial charge >= 0.3 is 0 Å². The molecule has 3 rings (SSSR count). The van der Waals surface area contributed by atoms with Gasteiger partial charge in [-0.1, -0.05) is 32.0 Å². The fourth-order valence-corrected chi connectivity index (χ4v) is 3.73. The van der Waals surface area contributed by atoms with Gasteiger partial charge in [-0.2, -0.15) is 0 Å². The Balaban J connectivity index is 1.78. The number of hydrogen-bond acceptors (Lipinski definition) is 2. The van der Waals surface area contributed by atoms with Crippen LogP contribution in [0.3, 0.4) is 0 Å². The Kier molecular flexibility index (Phi) is 3.30. The minimum atomic E-state index is -0.361. The van der Waals surface area contributed by atoms with Crippen molar-refractivity contribution >= 4 is 0 Å². The Morgan fingerprint density at radius 2 is 1.89 bits per heavy atom. The van der Waals surface area contributed by atoms with Crippen LogP contribution in [0.1, 0.15) is 57.6 Å². The predicted octanol–water partition coefficient (Wildman–Crippen LogP) is 4.09. The van der Waals surface area contributed by atoms with Gasteiger partial charge < -0.3 is 9.84 Å². The summed E-state index contributed by atoms with van der Waals surface area (Å²) >= 11 is 0. The molecule has 1 spiro atoms. The topological polar surface area (TPSA) is 29.5 Å². The summed E-state index contributed by atoms with van der Waals surface area (Å²) in [5, 5.41) is 10.4. The van der Waals surface area contributed by atoms with E-state index in [1.54, 1.807) is 0 Å². The molecule has 0 radical (unpaired) electrons. The lowest BCUT2D eigenvalue weighted by Crippen LogP contribution is -2.44. The van der Waals surface area contributed by atoms with E-state index in [4.69, 9.17) is 4.74 Å². The molecule has 0 unspecified atom stereocenters. The second-order valence-corrected chi connectivity index (χ2v) is 6.62. The molecule has 0 saturated heterocycles. The summed E-state index contributed by atoms with van der Waals surface area (Å²) < 4.78 is 6.30. The molecule has 2 nitrogen and oxygen atoms in total. The van der Waals surface area contributed by atoms with Crippen LogP contribution in [0.25, 0.3) is 0 Å². The standard InChI is InChI=1S/C17H24O2/c1-12(2)13-7-9-17(10-8-13)11-15(18)14-5-3-4-6-16(14)19-17/h3-6,12-13,15,18H,7-11H2,1-2H3/t13?,15-,17?/m1/s1. The molecule has 0 amide bonds. The van der Waals surface area contributed by atoms with Gasteiger partial charge in [-0.25, -0.2) is 0 Å². The van der Waals surface area contributed by atoms with E-state index in [2.05, 4.69) is 13.8 Å². The summed E-state index contributed by atoms with van der Waals surface area (Å²) in [6.07, 6.45) is 5.02. The summed E-state index contributed by atoms with van der Waals surface area (Å²) in [5.74, 6) is 2.48. The highest BCUT2D eigenvalue weighted by Crippen LogP contribution is 2.47. The molecule has 1 atom stereocenters. The van der Waals surface area contributed by atoms with E-state index in [1.807, 2.05) is 24.3 Å². The maximum atomic E-state index is 10.4. The van der Waals surface area contributed by atoms with Gasteiger partial charge in [0, 0.05) is 12.0 Å². The van der Waals surface area contributed by atoms with E-state index in [0.717, 1.165) is 42.4 Å². The lowest BCUT2D eigenvalue weighted by atomic mass is 9.71. The first-order chi connectivity index (χ1) is 9.10. The zero-order valence-corrected chi connectivity index (χ0v) is 11.9. The highest BCUT2D eigenvalue weighted by molar-refractivity contribution is 5.38. The third kappa shape index (κ3) is 2.38. The van der Waals surface area contributed by atoms with Gasteiger partial charge in [-0.3, -0.25) is 0 Å². The van der Waals surface area contributed by atoms with Crippen LogP contribution < -0.4 is 4.74 Å². The molecule has 2 aliphatic rings. The molecule has 1 aromatic rings. The molecule has 1 saturated carbocycles. The van der Waals surface area contributed by atoms with Crippen LogP contribution in [0.15, 0.2) is 24.3 Å². The second kappa shape index (κ2) is 4.82. The van der Waals surface area contributed by atoms with Gasteiger partial charge in [-0.15, -0.1) is 0 Å². The van der Waals surface area contributed by atoms with Gasteiger partial charge in [-0.05, 0) is 43.6 Å². The van der Waals surface area contributed by atoms with E-state index >= 15 is 0 Å². The van der Waals surface area contributed by atoms with E-state index in [1.165, 1.54) is 12.8 Å². The van der Waals surface area contributed by atoms with Gasteiger partial charge in [0.25, 0.3) is 0 Å². The molecule has 1 fully saturated rings. The molecule has 1 heterocycles. The highest BCUT2D eigenvalue weighted by Gasteiger charge is 2.43. The summed E-state index contributed by atoms with van der Waals surface area (Å²) in [6, 6.07) is 7.93. The normalized spacial score (nSPS) is 34.1.